The van der Waals surface area contributed by atoms with E-state index in [9.17, 15) is 9.59 Å². The van der Waals surface area contributed by atoms with E-state index >= 15 is 0 Å². The van der Waals surface area contributed by atoms with E-state index < -0.39 is 17.9 Å². The largest absolute Gasteiger partial charge is 0.394 e. The quantitative estimate of drug-likeness (QED) is 0.638. The van der Waals surface area contributed by atoms with Gasteiger partial charge in [-0.2, -0.15) is 0 Å². The molecule has 1 aromatic heterocycles. The summed E-state index contributed by atoms with van der Waals surface area (Å²) in [7, 11) is 0. The van der Waals surface area contributed by atoms with Crippen molar-refractivity contribution in [2.45, 2.75) is 19.4 Å². The van der Waals surface area contributed by atoms with Crippen molar-refractivity contribution in [3.05, 3.63) is 24.5 Å². The van der Waals surface area contributed by atoms with Crippen molar-refractivity contribution in [2.75, 3.05) is 11.9 Å². The summed E-state index contributed by atoms with van der Waals surface area (Å²) < 4.78 is 0. The Labute approximate surface area is 99.1 Å². The molecule has 0 saturated heterocycles. The fourth-order valence-corrected chi connectivity index (χ4v) is 1.15. The molecule has 6 nitrogen and oxygen atoms in total. The first kappa shape index (κ1) is 13.1. The van der Waals surface area contributed by atoms with E-state index in [0.29, 0.717) is 12.1 Å². The zero-order chi connectivity index (χ0) is 12.7. The molecular weight excluding hydrogens is 222 g/mol. The number of hydrogen-bond donors (Lipinski definition) is 3. The zero-order valence-electron chi connectivity index (χ0n) is 9.51. The Hall–Kier alpha value is -1.95. The van der Waals surface area contributed by atoms with Crippen molar-refractivity contribution in [2.24, 2.45) is 0 Å². The molecule has 0 aliphatic heterocycles. The van der Waals surface area contributed by atoms with Crippen LogP contribution in [0, 0.1) is 0 Å². The van der Waals surface area contributed by atoms with Crippen molar-refractivity contribution in [1.82, 2.24) is 10.3 Å². The Morgan fingerprint density at radius 3 is 2.76 bits per heavy atom. The van der Waals surface area contributed by atoms with Gasteiger partial charge >= 0.3 is 11.8 Å². The number of carbonyl (C=O) groups excluding carboxylic acids is 2. The topological polar surface area (TPSA) is 91.3 Å². The number of aliphatic hydroxyl groups is 1. The predicted molar refractivity (Wildman–Crippen MR) is 62.2 cm³/mol. The average molecular weight is 237 g/mol. The molecule has 0 spiro atoms. The van der Waals surface area contributed by atoms with Gasteiger partial charge in [0, 0.05) is 6.20 Å². The van der Waals surface area contributed by atoms with Crippen molar-refractivity contribution >= 4 is 17.5 Å². The van der Waals surface area contributed by atoms with Gasteiger partial charge < -0.3 is 15.7 Å². The van der Waals surface area contributed by atoms with Crippen LogP contribution in [0.1, 0.15) is 13.3 Å². The maximum absolute atomic E-state index is 11.4. The van der Waals surface area contributed by atoms with E-state index in [0.717, 1.165) is 0 Å². The third-order valence-electron chi connectivity index (χ3n) is 2.17. The Kier molecular flexibility index (Phi) is 5.09. The van der Waals surface area contributed by atoms with Gasteiger partial charge in [-0.15, -0.1) is 0 Å². The summed E-state index contributed by atoms with van der Waals surface area (Å²) in [5.74, 6) is -1.54. The number of aromatic nitrogens is 1. The highest BCUT2D eigenvalue weighted by atomic mass is 16.3. The first-order valence-corrected chi connectivity index (χ1v) is 5.30. The Morgan fingerprint density at radius 1 is 1.47 bits per heavy atom. The van der Waals surface area contributed by atoms with Crippen LogP contribution in [0.25, 0.3) is 0 Å². The number of aliphatic hydroxyl groups excluding tert-OH is 1. The molecule has 0 aliphatic rings. The Morgan fingerprint density at radius 2 is 2.24 bits per heavy atom. The lowest BCUT2D eigenvalue weighted by atomic mass is 10.2. The molecule has 1 heterocycles. The highest BCUT2D eigenvalue weighted by Crippen LogP contribution is 2.02. The van der Waals surface area contributed by atoms with E-state index in [1.165, 1.54) is 6.20 Å². The van der Waals surface area contributed by atoms with Crippen LogP contribution in [0.15, 0.2) is 24.5 Å². The van der Waals surface area contributed by atoms with Crippen LogP contribution in [-0.2, 0) is 9.59 Å². The SMILES string of the molecule is CC[C@H](CO)NC(=O)C(=O)Nc1cccnc1. The monoisotopic (exact) mass is 237 g/mol. The molecule has 1 atom stereocenters. The summed E-state index contributed by atoms with van der Waals surface area (Å²) in [5.41, 5.74) is 0.449. The molecule has 6 heteroatoms. The molecule has 1 rings (SSSR count). The molecule has 0 unspecified atom stereocenters. The van der Waals surface area contributed by atoms with Gasteiger partial charge in [-0.05, 0) is 18.6 Å². The minimum Gasteiger partial charge on any atom is -0.394 e. The minimum atomic E-state index is -0.773. The fraction of sp³-hybridized carbons (Fsp3) is 0.364. The van der Waals surface area contributed by atoms with Crippen molar-refractivity contribution in [3.8, 4) is 0 Å². The van der Waals surface area contributed by atoms with E-state index in [1.54, 1.807) is 25.3 Å². The summed E-state index contributed by atoms with van der Waals surface area (Å²) in [6.45, 7) is 1.61. The van der Waals surface area contributed by atoms with Gasteiger partial charge in [-0.25, -0.2) is 0 Å². The Bertz CT molecular complexity index is 377. The molecule has 0 bridgehead atoms. The number of nitrogens with one attached hydrogen (secondary N) is 2. The van der Waals surface area contributed by atoms with Gasteiger partial charge in [0.05, 0.1) is 24.5 Å². The highest BCUT2D eigenvalue weighted by molar-refractivity contribution is 6.39. The average Bonchev–Trinajstić information content (AvgIpc) is 2.36. The van der Waals surface area contributed by atoms with Crippen LogP contribution in [0.4, 0.5) is 5.69 Å². The number of anilines is 1. The van der Waals surface area contributed by atoms with Gasteiger partial charge in [0.25, 0.3) is 0 Å². The van der Waals surface area contributed by atoms with Crippen molar-refractivity contribution < 1.29 is 14.7 Å². The molecule has 1 aromatic rings. The van der Waals surface area contributed by atoms with E-state index in [1.807, 2.05) is 0 Å². The molecule has 17 heavy (non-hydrogen) atoms. The second-order valence-electron chi connectivity index (χ2n) is 3.46. The summed E-state index contributed by atoms with van der Waals surface area (Å²) in [5, 5.41) is 13.7. The third kappa shape index (κ3) is 4.20. The number of rotatable bonds is 4. The van der Waals surface area contributed by atoms with Crippen LogP contribution < -0.4 is 10.6 Å². The Balaban J connectivity index is 2.50. The summed E-state index contributed by atoms with van der Waals surface area (Å²) >= 11 is 0. The molecule has 0 radical (unpaired) electrons. The van der Waals surface area contributed by atoms with Crippen LogP contribution in [0.2, 0.25) is 0 Å². The van der Waals surface area contributed by atoms with Gasteiger partial charge in [-0.1, -0.05) is 6.92 Å². The first-order valence-electron chi connectivity index (χ1n) is 5.30. The molecule has 0 fully saturated rings. The normalized spacial score (nSPS) is 11.6. The van der Waals surface area contributed by atoms with Crippen LogP contribution in [0.3, 0.4) is 0 Å². The molecule has 2 amide bonds. The molecule has 0 saturated carbocycles. The van der Waals surface area contributed by atoms with E-state index in [2.05, 4.69) is 15.6 Å². The summed E-state index contributed by atoms with van der Waals surface area (Å²) in [6.07, 6.45) is 3.56. The van der Waals surface area contributed by atoms with E-state index in [4.69, 9.17) is 5.11 Å². The van der Waals surface area contributed by atoms with Gasteiger partial charge in [0.15, 0.2) is 0 Å². The highest BCUT2D eigenvalue weighted by Gasteiger charge is 2.17. The van der Waals surface area contributed by atoms with Gasteiger partial charge in [0.2, 0.25) is 0 Å². The number of hydrogen-bond acceptors (Lipinski definition) is 4. The molecule has 92 valence electrons. The van der Waals surface area contributed by atoms with E-state index in [-0.39, 0.29) is 6.61 Å². The molecule has 0 aromatic carbocycles. The minimum absolute atomic E-state index is 0.192. The number of nitrogens with zero attached hydrogens (tertiary/aromatic N) is 1. The predicted octanol–water partition coefficient (Wildman–Crippen LogP) is -0.0928. The van der Waals surface area contributed by atoms with Crippen LogP contribution in [0.5, 0.6) is 0 Å². The maximum Gasteiger partial charge on any atom is 0.313 e. The number of carbonyl (C=O) groups is 2. The lowest BCUT2D eigenvalue weighted by Gasteiger charge is -2.13. The van der Waals surface area contributed by atoms with Crippen molar-refractivity contribution in [3.63, 3.8) is 0 Å². The van der Waals surface area contributed by atoms with Crippen molar-refractivity contribution in [1.29, 1.82) is 0 Å². The summed E-state index contributed by atoms with van der Waals surface area (Å²) in [4.78, 5) is 26.7. The lowest BCUT2D eigenvalue weighted by molar-refractivity contribution is -0.136. The maximum atomic E-state index is 11.4. The van der Waals surface area contributed by atoms with Gasteiger partial charge in [-0.3, -0.25) is 14.6 Å². The number of pyridine rings is 1. The second-order valence-corrected chi connectivity index (χ2v) is 3.46. The smallest absolute Gasteiger partial charge is 0.313 e. The second kappa shape index (κ2) is 6.59. The fourth-order valence-electron chi connectivity index (χ4n) is 1.15. The molecule has 3 N–H and O–H groups in total. The first-order chi connectivity index (χ1) is 8.17. The lowest BCUT2D eigenvalue weighted by Crippen LogP contribution is -2.43. The standard InChI is InChI=1S/C11H15N3O3/c1-2-8(7-15)13-10(16)11(17)14-9-4-3-5-12-6-9/h3-6,8,15H,2,7H2,1H3,(H,13,16)(H,14,17)/t8-/m1/s1. The van der Waals surface area contributed by atoms with Crippen LogP contribution in [-0.4, -0.2) is 34.6 Å². The molecular formula is C11H15N3O3. The van der Waals surface area contributed by atoms with Crippen LogP contribution >= 0.6 is 0 Å². The van der Waals surface area contributed by atoms with Gasteiger partial charge in [0.1, 0.15) is 0 Å². The number of amides is 2. The summed E-state index contributed by atoms with van der Waals surface area (Å²) in [6, 6.07) is 2.87. The third-order valence-corrected chi connectivity index (χ3v) is 2.17. The zero-order valence-corrected chi connectivity index (χ0v) is 9.51. The molecule has 0 aliphatic carbocycles.